The number of aromatic nitrogens is 1. The Labute approximate surface area is 127 Å². The molecule has 0 N–H and O–H groups in total. The Hall–Kier alpha value is -2.88. The molecule has 0 atom stereocenters. The molecule has 0 radical (unpaired) electrons. The third kappa shape index (κ3) is 2.39. The molecule has 4 heteroatoms. The van der Waals surface area contributed by atoms with E-state index >= 15 is 0 Å². The molecule has 1 aromatic heterocycles. The quantitative estimate of drug-likeness (QED) is 0.724. The van der Waals surface area contributed by atoms with Gasteiger partial charge in [0.25, 0.3) is 5.56 Å². The van der Waals surface area contributed by atoms with Gasteiger partial charge in [0.05, 0.1) is 12.1 Å². The van der Waals surface area contributed by atoms with Crippen molar-refractivity contribution in [3.05, 3.63) is 71.0 Å². The lowest BCUT2D eigenvalue weighted by molar-refractivity contribution is 0.154. The van der Waals surface area contributed by atoms with Crippen LogP contribution in [-0.4, -0.2) is 17.3 Å². The van der Waals surface area contributed by atoms with Crippen LogP contribution in [0.1, 0.15) is 6.92 Å². The Bertz CT molecular complexity index is 882. The molecule has 0 spiro atoms. The van der Waals surface area contributed by atoms with Crippen LogP contribution in [0.4, 0.5) is 4.79 Å². The van der Waals surface area contributed by atoms with Crippen LogP contribution in [0.15, 0.2) is 65.5 Å². The van der Waals surface area contributed by atoms with E-state index in [2.05, 4.69) is 0 Å². The van der Waals surface area contributed by atoms with E-state index in [0.717, 1.165) is 15.5 Å². The molecule has 2 aromatic carbocycles. The largest absolute Gasteiger partial charge is 0.449 e. The molecule has 0 fully saturated rings. The highest BCUT2D eigenvalue weighted by Crippen LogP contribution is 2.21. The minimum atomic E-state index is -0.651. The SMILES string of the molecule is CCOC(=O)n1c(=O)c(-c2ccccc2)cc2ccccc21. The lowest BCUT2D eigenvalue weighted by atomic mass is 10.0. The molecule has 4 nitrogen and oxygen atoms in total. The first-order valence-electron chi connectivity index (χ1n) is 7.09. The van der Waals surface area contributed by atoms with Gasteiger partial charge in [-0.25, -0.2) is 9.36 Å². The van der Waals surface area contributed by atoms with Gasteiger partial charge in [0.2, 0.25) is 0 Å². The summed E-state index contributed by atoms with van der Waals surface area (Å²) in [6, 6.07) is 18.4. The normalized spacial score (nSPS) is 10.6. The standard InChI is InChI=1S/C18H15NO3/c1-2-22-18(21)19-16-11-7-6-10-14(16)12-15(17(19)20)13-8-4-3-5-9-13/h3-12H,2H2,1H3. The molecular weight excluding hydrogens is 278 g/mol. The van der Waals surface area contributed by atoms with Crippen molar-refractivity contribution in [2.24, 2.45) is 0 Å². The number of carbonyl (C=O) groups is 1. The molecule has 0 saturated carbocycles. The van der Waals surface area contributed by atoms with Crippen molar-refractivity contribution in [2.45, 2.75) is 6.92 Å². The molecule has 3 rings (SSSR count). The molecule has 0 saturated heterocycles. The molecule has 0 amide bonds. The van der Waals surface area contributed by atoms with E-state index in [4.69, 9.17) is 4.74 Å². The van der Waals surface area contributed by atoms with Gasteiger partial charge in [0.15, 0.2) is 0 Å². The van der Waals surface area contributed by atoms with Gasteiger partial charge in [-0.1, -0.05) is 48.5 Å². The summed E-state index contributed by atoms with van der Waals surface area (Å²) >= 11 is 0. The Morgan fingerprint density at radius 1 is 1.05 bits per heavy atom. The average molecular weight is 293 g/mol. The second kappa shape index (κ2) is 5.85. The predicted molar refractivity (Wildman–Crippen MR) is 86.1 cm³/mol. The van der Waals surface area contributed by atoms with Gasteiger partial charge in [-0.3, -0.25) is 4.79 Å². The van der Waals surface area contributed by atoms with Crippen molar-refractivity contribution < 1.29 is 9.53 Å². The van der Waals surface area contributed by atoms with Crippen LogP contribution in [0.25, 0.3) is 22.0 Å². The summed E-state index contributed by atoms with van der Waals surface area (Å²) in [6.45, 7) is 1.93. The van der Waals surface area contributed by atoms with Crippen LogP contribution < -0.4 is 5.56 Å². The van der Waals surface area contributed by atoms with Crippen molar-refractivity contribution in [1.29, 1.82) is 0 Å². The van der Waals surface area contributed by atoms with E-state index < -0.39 is 6.09 Å². The first-order chi connectivity index (χ1) is 10.7. The van der Waals surface area contributed by atoms with Gasteiger partial charge >= 0.3 is 6.09 Å². The van der Waals surface area contributed by atoms with E-state index in [1.165, 1.54) is 0 Å². The van der Waals surface area contributed by atoms with Crippen molar-refractivity contribution >= 4 is 17.0 Å². The third-order valence-corrected chi connectivity index (χ3v) is 3.45. The fourth-order valence-electron chi connectivity index (χ4n) is 2.45. The number of ether oxygens (including phenoxy) is 1. The number of benzene rings is 2. The van der Waals surface area contributed by atoms with Crippen LogP contribution in [-0.2, 0) is 4.74 Å². The number of hydrogen-bond acceptors (Lipinski definition) is 3. The Morgan fingerprint density at radius 2 is 1.73 bits per heavy atom. The molecule has 22 heavy (non-hydrogen) atoms. The number of fused-ring (bicyclic) bond motifs is 1. The first-order valence-corrected chi connectivity index (χ1v) is 7.09. The van der Waals surface area contributed by atoms with Gasteiger partial charge in [-0.05, 0) is 30.0 Å². The summed E-state index contributed by atoms with van der Waals surface area (Å²) in [4.78, 5) is 25.0. The van der Waals surface area contributed by atoms with E-state index in [9.17, 15) is 9.59 Å². The smallest absolute Gasteiger partial charge is 0.421 e. The van der Waals surface area contributed by atoms with Crippen molar-refractivity contribution in [3.8, 4) is 11.1 Å². The van der Waals surface area contributed by atoms with Crippen molar-refractivity contribution in [2.75, 3.05) is 6.61 Å². The van der Waals surface area contributed by atoms with E-state index in [0.29, 0.717) is 11.1 Å². The fraction of sp³-hybridized carbons (Fsp3) is 0.111. The molecule has 110 valence electrons. The lowest BCUT2D eigenvalue weighted by Crippen LogP contribution is -2.29. The maximum atomic E-state index is 12.8. The van der Waals surface area contributed by atoms with Gasteiger partial charge in [-0.2, -0.15) is 0 Å². The van der Waals surface area contributed by atoms with Crippen LogP contribution in [0.5, 0.6) is 0 Å². The van der Waals surface area contributed by atoms with E-state index in [1.807, 2.05) is 48.5 Å². The van der Waals surface area contributed by atoms with Crippen LogP contribution >= 0.6 is 0 Å². The molecule has 0 unspecified atom stereocenters. The molecular formula is C18H15NO3. The predicted octanol–water partition coefficient (Wildman–Crippen LogP) is 3.67. The fourth-order valence-corrected chi connectivity index (χ4v) is 2.45. The monoisotopic (exact) mass is 293 g/mol. The average Bonchev–Trinajstić information content (AvgIpc) is 2.55. The van der Waals surface area contributed by atoms with Crippen molar-refractivity contribution in [1.82, 2.24) is 4.57 Å². The lowest BCUT2D eigenvalue weighted by Gasteiger charge is -2.11. The number of para-hydroxylation sites is 1. The van der Waals surface area contributed by atoms with Crippen LogP contribution in [0, 0.1) is 0 Å². The van der Waals surface area contributed by atoms with Gasteiger partial charge in [0.1, 0.15) is 0 Å². The molecule has 0 aliphatic heterocycles. The van der Waals surface area contributed by atoms with Crippen molar-refractivity contribution in [3.63, 3.8) is 0 Å². The number of rotatable bonds is 2. The van der Waals surface area contributed by atoms with Gasteiger partial charge in [-0.15, -0.1) is 0 Å². The summed E-state index contributed by atoms with van der Waals surface area (Å²) in [6.07, 6.45) is -0.651. The highest BCUT2D eigenvalue weighted by Gasteiger charge is 2.16. The highest BCUT2D eigenvalue weighted by atomic mass is 16.5. The van der Waals surface area contributed by atoms with Gasteiger partial charge < -0.3 is 4.74 Å². The minimum absolute atomic E-state index is 0.217. The number of carbonyl (C=O) groups excluding carboxylic acids is 1. The zero-order valence-electron chi connectivity index (χ0n) is 12.2. The second-order valence-corrected chi connectivity index (χ2v) is 4.82. The molecule has 0 aliphatic rings. The summed E-state index contributed by atoms with van der Waals surface area (Å²) in [5, 5.41) is 0.814. The Balaban J connectivity index is 2.34. The summed E-state index contributed by atoms with van der Waals surface area (Å²) in [5.74, 6) is 0. The first kappa shape index (κ1) is 14.1. The third-order valence-electron chi connectivity index (χ3n) is 3.45. The molecule has 3 aromatic rings. The minimum Gasteiger partial charge on any atom is -0.449 e. The molecule has 0 bridgehead atoms. The topological polar surface area (TPSA) is 48.3 Å². The zero-order chi connectivity index (χ0) is 15.5. The highest BCUT2D eigenvalue weighted by molar-refractivity contribution is 5.91. The maximum absolute atomic E-state index is 12.8. The second-order valence-electron chi connectivity index (χ2n) is 4.82. The molecule has 0 aliphatic carbocycles. The van der Waals surface area contributed by atoms with Crippen LogP contribution in [0.3, 0.4) is 0 Å². The van der Waals surface area contributed by atoms with E-state index in [-0.39, 0.29) is 12.2 Å². The summed E-state index contributed by atoms with van der Waals surface area (Å²) in [7, 11) is 0. The maximum Gasteiger partial charge on any atom is 0.421 e. The molecule has 1 heterocycles. The number of pyridine rings is 1. The number of nitrogens with zero attached hydrogens (tertiary/aromatic N) is 1. The van der Waals surface area contributed by atoms with E-state index in [1.54, 1.807) is 19.1 Å². The summed E-state index contributed by atoms with van der Waals surface area (Å²) < 4.78 is 6.13. The Kier molecular flexibility index (Phi) is 3.74. The Morgan fingerprint density at radius 3 is 2.45 bits per heavy atom. The number of hydrogen-bond donors (Lipinski definition) is 0. The summed E-state index contributed by atoms with van der Waals surface area (Å²) in [5.41, 5.74) is 1.43. The zero-order valence-corrected chi connectivity index (χ0v) is 12.2. The van der Waals surface area contributed by atoms with Crippen LogP contribution in [0.2, 0.25) is 0 Å². The van der Waals surface area contributed by atoms with Gasteiger partial charge in [0, 0.05) is 5.56 Å².